The van der Waals surface area contributed by atoms with Gasteiger partial charge in [-0.3, -0.25) is 4.79 Å². The fourth-order valence-corrected chi connectivity index (χ4v) is 4.40. The third-order valence-corrected chi connectivity index (χ3v) is 6.04. The van der Waals surface area contributed by atoms with E-state index < -0.39 is 0 Å². The number of piperazine rings is 1. The van der Waals surface area contributed by atoms with Gasteiger partial charge in [0, 0.05) is 47.4 Å². The Bertz CT molecular complexity index is 1140. The molecule has 9 heteroatoms. The highest BCUT2D eigenvalue weighted by Gasteiger charge is 2.46. The van der Waals surface area contributed by atoms with Gasteiger partial charge < -0.3 is 20.4 Å². The monoisotopic (exact) mass is 448 g/mol. The summed E-state index contributed by atoms with van der Waals surface area (Å²) < 4.78 is 0. The lowest BCUT2D eigenvalue weighted by molar-refractivity contribution is 0.102. The van der Waals surface area contributed by atoms with Crippen molar-refractivity contribution in [1.29, 1.82) is 0 Å². The Labute approximate surface area is 190 Å². The summed E-state index contributed by atoms with van der Waals surface area (Å²) >= 11 is 5.88. The quantitative estimate of drug-likeness (QED) is 0.632. The Kier molecular flexibility index (Phi) is 5.36. The number of likely N-dealkylation sites (tertiary alicyclic amines) is 1. The zero-order chi connectivity index (χ0) is 22.1. The Morgan fingerprint density at radius 2 is 1.62 bits per heavy atom. The van der Waals surface area contributed by atoms with E-state index in [-0.39, 0.29) is 24.0 Å². The Morgan fingerprint density at radius 1 is 0.906 bits per heavy atom. The third-order valence-electron chi connectivity index (χ3n) is 5.79. The predicted octanol–water partition coefficient (Wildman–Crippen LogP) is 3.88. The molecule has 32 heavy (non-hydrogen) atoms. The number of carbonyl (C=O) groups is 2. The van der Waals surface area contributed by atoms with Crippen LogP contribution in [0.4, 0.5) is 22.1 Å². The number of nitrogens with one attached hydrogen (secondary N) is 2. The SMILES string of the molecule is O=C(Nc1cccc(NC(=O)N2C[C@@H]3C[C@H]2CN3c2ncccn2)c1)c1ccc(Cl)cc1. The second-order valence-electron chi connectivity index (χ2n) is 7.87. The molecule has 3 amide bonds. The van der Waals surface area contributed by atoms with Crippen molar-refractivity contribution in [2.75, 3.05) is 28.6 Å². The summed E-state index contributed by atoms with van der Waals surface area (Å²) in [5.74, 6) is 0.467. The van der Waals surface area contributed by atoms with Crippen molar-refractivity contribution in [3.63, 3.8) is 0 Å². The van der Waals surface area contributed by atoms with Crippen LogP contribution in [0, 0.1) is 0 Å². The molecule has 2 aliphatic rings. The van der Waals surface area contributed by atoms with E-state index in [0.717, 1.165) is 13.0 Å². The van der Waals surface area contributed by atoms with Gasteiger partial charge in [-0.25, -0.2) is 14.8 Å². The van der Waals surface area contributed by atoms with Crippen LogP contribution >= 0.6 is 11.6 Å². The summed E-state index contributed by atoms with van der Waals surface area (Å²) in [5.41, 5.74) is 1.72. The highest BCUT2D eigenvalue weighted by Crippen LogP contribution is 2.33. The highest BCUT2D eigenvalue weighted by molar-refractivity contribution is 6.30. The van der Waals surface area contributed by atoms with Gasteiger partial charge in [0.1, 0.15) is 0 Å². The second-order valence-corrected chi connectivity index (χ2v) is 8.31. The van der Waals surface area contributed by atoms with Gasteiger partial charge in [-0.15, -0.1) is 0 Å². The van der Waals surface area contributed by atoms with Crippen LogP contribution in [0.1, 0.15) is 16.8 Å². The standard InChI is InChI=1S/C23H21ClN6O2/c24-16-7-5-15(6-8-16)21(31)27-17-3-1-4-18(11-17)28-23(32)30-14-19-12-20(30)13-29(19)22-25-9-2-10-26-22/h1-11,19-20H,12-14H2,(H,27,31)(H,28,32)/t19-,20-/m0/s1. The van der Waals surface area contributed by atoms with Crippen molar-refractivity contribution in [3.05, 3.63) is 77.6 Å². The molecule has 5 rings (SSSR count). The fraction of sp³-hybridized carbons (Fsp3) is 0.217. The van der Waals surface area contributed by atoms with E-state index in [1.54, 1.807) is 67.0 Å². The largest absolute Gasteiger partial charge is 0.334 e. The predicted molar refractivity (Wildman–Crippen MR) is 123 cm³/mol. The molecule has 0 radical (unpaired) electrons. The Morgan fingerprint density at radius 3 is 2.31 bits per heavy atom. The first-order chi connectivity index (χ1) is 15.6. The van der Waals surface area contributed by atoms with Crippen LogP contribution in [-0.2, 0) is 0 Å². The molecule has 3 heterocycles. The molecule has 0 saturated carbocycles. The van der Waals surface area contributed by atoms with Crippen LogP contribution in [0.2, 0.25) is 5.02 Å². The van der Waals surface area contributed by atoms with Crippen LogP contribution in [0.3, 0.4) is 0 Å². The number of anilines is 3. The summed E-state index contributed by atoms with van der Waals surface area (Å²) in [6.45, 7) is 1.35. The third kappa shape index (κ3) is 4.09. The van der Waals surface area contributed by atoms with Gasteiger partial charge in [0.2, 0.25) is 5.95 Å². The zero-order valence-electron chi connectivity index (χ0n) is 17.1. The molecule has 0 aliphatic carbocycles. The minimum Gasteiger partial charge on any atom is -0.334 e. The summed E-state index contributed by atoms with van der Waals surface area (Å²) in [6.07, 6.45) is 4.37. The van der Waals surface area contributed by atoms with Crippen molar-refractivity contribution in [2.45, 2.75) is 18.5 Å². The smallest absolute Gasteiger partial charge is 0.322 e. The molecule has 1 aromatic heterocycles. The summed E-state index contributed by atoms with van der Waals surface area (Å²) in [5, 5.41) is 6.37. The number of amides is 3. The second kappa shape index (κ2) is 8.47. The summed E-state index contributed by atoms with van der Waals surface area (Å²) in [6, 6.07) is 15.8. The molecule has 2 fully saturated rings. The summed E-state index contributed by atoms with van der Waals surface area (Å²) in [4.78, 5) is 38.0. The van der Waals surface area contributed by atoms with E-state index in [0.29, 0.717) is 34.5 Å². The minimum absolute atomic E-state index is 0.122. The Hall–Kier alpha value is -3.65. The molecule has 162 valence electrons. The lowest BCUT2D eigenvalue weighted by atomic mass is 10.2. The van der Waals surface area contributed by atoms with Gasteiger partial charge >= 0.3 is 6.03 Å². The minimum atomic E-state index is -0.245. The number of hydrogen-bond acceptors (Lipinski definition) is 5. The van der Waals surface area contributed by atoms with Crippen molar-refractivity contribution in [2.24, 2.45) is 0 Å². The van der Waals surface area contributed by atoms with Gasteiger partial charge in [-0.05, 0) is 55.0 Å². The average molecular weight is 449 g/mol. The van der Waals surface area contributed by atoms with E-state index >= 15 is 0 Å². The number of rotatable bonds is 4. The number of fused-ring (bicyclic) bond motifs is 2. The number of aromatic nitrogens is 2. The van der Waals surface area contributed by atoms with E-state index in [4.69, 9.17) is 11.6 Å². The molecule has 2 aliphatic heterocycles. The van der Waals surface area contributed by atoms with Gasteiger partial charge in [-0.1, -0.05) is 17.7 Å². The van der Waals surface area contributed by atoms with Crippen LogP contribution in [-0.4, -0.2) is 52.0 Å². The maximum atomic E-state index is 12.9. The fourth-order valence-electron chi connectivity index (χ4n) is 4.27. The number of carbonyl (C=O) groups excluding carboxylic acids is 2. The van der Waals surface area contributed by atoms with Crippen LogP contribution in [0.25, 0.3) is 0 Å². The van der Waals surface area contributed by atoms with Crippen molar-refractivity contribution in [1.82, 2.24) is 14.9 Å². The molecule has 2 atom stereocenters. The number of benzene rings is 2. The Balaban J connectivity index is 1.21. The van der Waals surface area contributed by atoms with E-state index in [2.05, 4.69) is 25.5 Å². The van der Waals surface area contributed by atoms with Crippen molar-refractivity contribution in [3.8, 4) is 0 Å². The van der Waals surface area contributed by atoms with Crippen molar-refractivity contribution < 1.29 is 9.59 Å². The lowest BCUT2D eigenvalue weighted by Crippen LogP contribution is -2.50. The number of nitrogens with zero attached hydrogens (tertiary/aromatic N) is 4. The first-order valence-corrected chi connectivity index (χ1v) is 10.7. The van der Waals surface area contributed by atoms with Crippen LogP contribution < -0.4 is 15.5 Å². The normalized spacial score (nSPS) is 19.2. The highest BCUT2D eigenvalue weighted by atomic mass is 35.5. The lowest BCUT2D eigenvalue weighted by Gasteiger charge is -2.34. The van der Waals surface area contributed by atoms with Gasteiger partial charge in [0.05, 0.1) is 12.1 Å². The molecule has 0 spiro atoms. The van der Waals surface area contributed by atoms with Gasteiger partial charge in [0.15, 0.2) is 0 Å². The molecule has 3 aromatic rings. The molecule has 2 N–H and O–H groups in total. The number of hydrogen-bond donors (Lipinski definition) is 2. The molecular weight excluding hydrogens is 428 g/mol. The molecule has 8 nitrogen and oxygen atoms in total. The average Bonchev–Trinajstić information content (AvgIpc) is 3.42. The maximum Gasteiger partial charge on any atom is 0.322 e. The van der Waals surface area contributed by atoms with Crippen LogP contribution in [0.5, 0.6) is 0 Å². The zero-order valence-corrected chi connectivity index (χ0v) is 17.9. The van der Waals surface area contributed by atoms with Gasteiger partial charge in [0.25, 0.3) is 5.91 Å². The van der Waals surface area contributed by atoms with E-state index in [9.17, 15) is 9.59 Å². The molecule has 0 unspecified atom stereocenters. The first kappa shape index (κ1) is 20.3. The molecule has 2 saturated heterocycles. The topological polar surface area (TPSA) is 90.5 Å². The van der Waals surface area contributed by atoms with E-state index in [1.165, 1.54) is 0 Å². The molecular formula is C23H21ClN6O2. The van der Waals surface area contributed by atoms with Gasteiger partial charge in [-0.2, -0.15) is 0 Å². The molecule has 2 bridgehead atoms. The molecule has 2 aromatic carbocycles. The first-order valence-electron chi connectivity index (χ1n) is 10.3. The van der Waals surface area contributed by atoms with E-state index in [1.807, 2.05) is 4.90 Å². The number of halogens is 1. The summed E-state index contributed by atoms with van der Waals surface area (Å²) in [7, 11) is 0. The van der Waals surface area contributed by atoms with Crippen LogP contribution in [0.15, 0.2) is 67.0 Å². The van der Waals surface area contributed by atoms with Crippen molar-refractivity contribution >= 4 is 40.9 Å². The number of urea groups is 1. The maximum absolute atomic E-state index is 12.9.